The lowest BCUT2D eigenvalue weighted by atomic mass is 9.65. The summed E-state index contributed by atoms with van der Waals surface area (Å²) in [5, 5.41) is 10.3. The summed E-state index contributed by atoms with van der Waals surface area (Å²) >= 11 is 3.06. The van der Waals surface area contributed by atoms with Crippen molar-refractivity contribution in [2.24, 2.45) is 5.41 Å². The first-order valence-electron chi connectivity index (χ1n) is 7.14. The van der Waals surface area contributed by atoms with E-state index in [0.29, 0.717) is 0 Å². The van der Waals surface area contributed by atoms with Gasteiger partial charge in [0, 0.05) is 18.9 Å². The molecule has 0 radical (unpaired) electrons. The van der Waals surface area contributed by atoms with Gasteiger partial charge in [-0.25, -0.2) is 9.59 Å². The molecule has 1 N–H and O–H groups in total. The number of ketones is 1. The van der Waals surface area contributed by atoms with E-state index >= 15 is 0 Å². The van der Waals surface area contributed by atoms with Crippen LogP contribution in [0.2, 0.25) is 0 Å². The molecule has 2 aliphatic rings. The van der Waals surface area contributed by atoms with Gasteiger partial charge in [-0.2, -0.15) is 0 Å². The second-order valence-electron chi connectivity index (χ2n) is 5.60. The van der Waals surface area contributed by atoms with Crippen molar-refractivity contribution in [1.29, 1.82) is 0 Å². The molecule has 1 saturated heterocycles. The van der Waals surface area contributed by atoms with Gasteiger partial charge in [0.05, 0.1) is 35.8 Å². The molecule has 0 unspecified atom stereocenters. The van der Waals surface area contributed by atoms with Crippen molar-refractivity contribution < 1.29 is 33.7 Å². The highest BCUT2D eigenvalue weighted by Gasteiger charge is 2.54. The van der Waals surface area contributed by atoms with Gasteiger partial charge in [-0.05, 0) is 22.9 Å². The third-order valence-corrected chi connectivity index (χ3v) is 4.64. The summed E-state index contributed by atoms with van der Waals surface area (Å²) in [4.78, 5) is 36.5. The minimum atomic E-state index is -1.36. The molecule has 0 bridgehead atoms. The Balaban J connectivity index is 2.56. The molecule has 0 saturated carbocycles. The third kappa shape index (κ3) is 3.10. The van der Waals surface area contributed by atoms with Crippen LogP contribution >= 0.6 is 15.9 Å². The molecule has 8 heteroatoms. The van der Waals surface area contributed by atoms with Crippen molar-refractivity contribution >= 4 is 33.7 Å². The van der Waals surface area contributed by atoms with Crippen LogP contribution < -0.4 is 0 Å². The van der Waals surface area contributed by atoms with Crippen molar-refractivity contribution in [2.75, 3.05) is 14.2 Å². The first-order chi connectivity index (χ1) is 11.2. The Morgan fingerprint density at radius 3 is 2.71 bits per heavy atom. The zero-order valence-corrected chi connectivity index (χ0v) is 15.0. The molecule has 24 heavy (non-hydrogen) atoms. The minimum absolute atomic E-state index is 0.0763. The number of carbonyl (C=O) groups excluding carboxylic acids is 3. The van der Waals surface area contributed by atoms with E-state index in [4.69, 9.17) is 9.47 Å². The first-order valence-corrected chi connectivity index (χ1v) is 7.93. The number of fused-ring (bicyclic) bond motifs is 1. The monoisotopic (exact) mass is 400 g/mol. The molecule has 7 nitrogen and oxygen atoms in total. The molecule has 130 valence electrons. The maximum atomic E-state index is 12.7. The van der Waals surface area contributed by atoms with Crippen molar-refractivity contribution in [2.45, 2.75) is 25.9 Å². The molecule has 1 aliphatic heterocycles. The highest BCUT2D eigenvalue weighted by Crippen LogP contribution is 2.49. The van der Waals surface area contributed by atoms with E-state index in [2.05, 4.69) is 20.7 Å². The number of aliphatic hydroxyl groups is 1. The minimum Gasteiger partial charge on any atom is -0.506 e. The predicted molar refractivity (Wildman–Crippen MR) is 86.0 cm³/mol. The largest absolute Gasteiger partial charge is 0.506 e. The van der Waals surface area contributed by atoms with Crippen molar-refractivity contribution in [3.63, 3.8) is 0 Å². The Hall–Kier alpha value is -2.09. The predicted octanol–water partition coefficient (Wildman–Crippen LogP) is 2.08. The van der Waals surface area contributed by atoms with Crippen molar-refractivity contribution in [3.05, 3.63) is 33.7 Å². The van der Waals surface area contributed by atoms with Crippen LogP contribution in [-0.4, -0.2) is 43.2 Å². The number of methoxy groups -OCH3 is 2. The lowest BCUT2D eigenvalue weighted by molar-refractivity contribution is -0.155. The molecule has 0 amide bonds. The summed E-state index contributed by atoms with van der Waals surface area (Å²) < 4.78 is 15.0. The van der Waals surface area contributed by atoms with Gasteiger partial charge in [0.2, 0.25) is 0 Å². The van der Waals surface area contributed by atoms with Gasteiger partial charge < -0.3 is 19.3 Å². The van der Waals surface area contributed by atoms with Crippen LogP contribution in [0.4, 0.5) is 0 Å². The third-order valence-electron chi connectivity index (χ3n) is 4.04. The standard InChI is InChI=1S/C16H17BrO7/c1-8-6-16(7-9(22-2)4-12(19)23-3)11(18)5-10(17)14(20)13(16)15(21)24-8/h4-5,8,20H,6-7H2,1-3H3/b9-4+/t8-,16+/m0/s1. The Kier molecular flexibility index (Phi) is 5.17. The Morgan fingerprint density at radius 2 is 2.12 bits per heavy atom. The summed E-state index contributed by atoms with van der Waals surface area (Å²) in [7, 11) is 2.56. The maximum Gasteiger partial charge on any atom is 0.339 e. The molecule has 1 fully saturated rings. The summed E-state index contributed by atoms with van der Waals surface area (Å²) in [6.07, 6.45) is 1.88. The van der Waals surface area contributed by atoms with Gasteiger partial charge in [-0.15, -0.1) is 0 Å². The van der Waals surface area contributed by atoms with Crippen LogP contribution in [0.3, 0.4) is 0 Å². The SMILES string of the molecule is COC(=O)/C=C(\C[C@@]12C[C@H](C)OC(=O)C1=C(O)C(Br)=CC2=O)OC. The number of ether oxygens (including phenoxy) is 3. The molecule has 0 aromatic heterocycles. The number of cyclic esters (lactones) is 1. The number of halogens is 1. The number of carbonyl (C=O) groups is 3. The van der Waals surface area contributed by atoms with E-state index in [0.717, 1.165) is 6.08 Å². The normalized spacial score (nSPS) is 27.2. The van der Waals surface area contributed by atoms with Gasteiger partial charge >= 0.3 is 11.9 Å². The fourth-order valence-electron chi connectivity index (χ4n) is 2.98. The maximum absolute atomic E-state index is 12.7. The van der Waals surface area contributed by atoms with Gasteiger partial charge in [0.15, 0.2) is 5.78 Å². The van der Waals surface area contributed by atoms with Gasteiger partial charge in [-0.3, -0.25) is 4.79 Å². The molecule has 0 aromatic rings. The van der Waals surface area contributed by atoms with E-state index in [-0.39, 0.29) is 40.2 Å². The summed E-state index contributed by atoms with van der Waals surface area (Å²) in [6, 6.07) is 0. The first kappa shape index (κ1) is 18.3. The van der Waals surface area contributed by atoms with Crippen LogP contribution in [-0.2, 0) is 28.6 Å². The van der Waals surface area contributed by atoms with E-state index in [1.807, 2.05) is 0 Å². The second-order valence-corrected chi connectivity index (χ2v) is 6.45. The summed E-state index contributed by atoms with van der Waals surface area (Å²) in [5.74, 6) is -1.98. The molecule has 0 spiro atoms. The second kappa shape index (κ2) is 6.80. The number of hydrogen-bond acceptors (Lipinski definition) is 7. The number of hydrogen-bond donors (Lipinski definition) is 1. The Morgan fingerprint density at radius 1 is 1.46 bits per heavy atom. The Bertz CT molecular complexity index is 689. The van der Waals surface area contributed by atoms with Gasteiger partial charge in [0.1, 0.15) is 17.6 Å². The molecule has 2 atom stereocenters. The lowest BCUT2D eigenvalue weighted by Gasteiger charge is -2.41. The summed E-state index contributed by atoms with van der Waals surface area (Å²) in [6.45, 7) is 1.66. The fraction of sp³-hybridized carbons (Fsp3) is 0.438. The zero-order valence-electron chi connectivity index (χ0n) is 13.4. The van der Waals surface area contributed by atoms with Crippen LogP contribution in [0.1, 0.15) is 19.8 Å². The topological polar surface area (TPSA) is 99.1 Å². The number of aliphatic hydroxyl groups excluding tert-OH is 1. The smallest absolute Gasteiger partial charge is 0.339 e. The molecule has 1 heterocycles. The van der Waals surface area contributed by atoms with Crippen molar-refractivity contribution in [3.8, 4) is 0 Å². The van der Waals surface area contributed by atoms with Gasteiger partial charge in [-0.1, -0.05) is 0 Å². The Labute approximate surface area is 147 Å². The number of rotatable bonds is 4. The van der Waals surface area contributed by atoms with Crippen molar-refractivity contribution in [1.82, 2.24) is 0 Å². The molecule has 2 rings (SSSR count). The van der Waals surface area contributed by atoms with E-state index in [1.165, 1.54) is 20.3 Å². The number of allylic oxidation sites excluding steroid dienone is 3. The van der Waals surface area contributed by atoms with E-state index in [9.17, 15) is 19.5 Å². The zero-order chi connectivity index (χ0) is 18.1. The molecular formula is C16H17BrO7. The van der Waals surface area contributed by atoms with Crippen LogP contribution in [0.5, 0.6) is 0 Å². The molecular weight excluding hydrogens is 384 g/mol. The number of esters is 2. The highest BCUT2D eigenvalue weighted by molar-refractivity contribution is 9.12. The quantitative estimate of drug-likeness (QED) is 0.438. The highest BCUT2D eigenvalue weighted by atomic mass is 79.9. The van der Waals surface area contributed by atoms with Crippen LogP contribution in [0.15, 0.2) is 33.7 Å². The van der Waals surface area contributed by atoms with E-state index < -0.39 is 23.5 Å². The average molecular weight is 401 g/mol. The van der Waals surface area contributed by atoms with Crippen LogP contribution in [0.25, 0.3) is 0 Å². The average Bonchev–Trinajstić information content (AvgIpc) is 2.51. The van der Waals surface area contributed by atoms with Gasteiger partial charge in [0.25, 0.3) is 0 Å². The van der Waals surface area contributed by atoms with Crippen LogP contribution in [0, 0.1) is 5.41 Å². The molecule has 1 aliphatic carbocycles. The fourth-order valence-corrected chi connectivity index (χ4v) is 3.38. The summed E-state index contributed by atoms with van der Waals surface area (Å²) in [5.41, 5.74) is -1.49. The lowest BCUT2D eigenvalue weighted by Crippen LogP contribution is -2.47. The van der Waals surface area contributed by atoms with E-state index in [1.54, 1.807) is 6.92 Å². The molecule has 0 aromatic carbocycles.